The Hall–Kier alpha value is -1.10. The Morgan fingerprint density at radius 2 is 2.00 bits per heavy atom. The van der Waals surface area contributed by atoms with Gasteiger partial charge in [0.25, 0.3) is 0 Å². The third-order valence-electron chi connectivity index (χ3n) is 3.31. The second-order valence-electron chi connectivity index (χ2n) is 4.89. The summed E-state index contributed by atoms with van der Waals surface area (Å²) < 4.78 is 0. The van der Waals surface area contributed by atoms with E-state index in [4.69, 9.17) is 5.11 Å². The molecule has 104 valence electrons. The third kappa shape index (κ3) is 5.04. The molecule has 5 heteroatoms. The highest BCUT2D eigenvalue weighted by Crippen LogP contribution is 2.15. The fraction of sp³-hybridized carbons (Fsp3) is 0.846. The minimum atomic E-state index is -0.851. The van der Waals surface area contributed by atoms with Crippen molar-refractivity contribution in [2.75, 3.05) is 6.54 Å². The second-order valence-corrected chi connectivity index (χ2v) is 4.89. The summed E-state index contributed by atoms with van der Waals surface area (Å²) in [6, 6.07) is -0.547. The lowest BCUT2D eigenvalue weighted by molar-refractivity contribution is -0.144. The quantitative estimate of drug-likeness (QED) is 0.651. The van der Waals surface area contributed by atoms with Crippen molar-refractivity contribution in [3.63, 3.8) is 0 Å². The predicted octanol–water partition coefficient (Wildman–Crippen LogP) is 1.93. The van der Waals surface area contributed by atoms with Crippen LogP contribution in [-0.4, -0.2) is 34.6 Å². The van der Waals surface area contributed by atoms with Gasteiger partial charge in [0.2, 0.25) is 5.91 Å². The summed E-state index contributed by atoms with van der Waals surface area (Å²) in [6.07, 6.45) is 7.48. The Bertz CT molecular complexity index is 281. The average molecular weight is 256 g/mol. The molecule has 0 spiro atoms. The summed E-state index contributed by atoms with van der Waals surface area (Å²) >= 11 is 0. The molecule has 0 aliphatic carbocycles. The van der Waals surface area contributed by atoms with Crippen LogP contribution in [0.1, 0.15) is 58.3 Å². The van der Waals surface area contributed by atoms with Crippen molar-refractivity contribution < 1.29 is 14.7 Å². The summed E-state index contributed by atoms with van der Waals surface area (Å²) in [4.78, 5) is 22.6. The van der Waals surface area contributed by atoms with Gasteiger partial charge in [0, 0.05) is 13.0 Å². The molecule has 1 amide bonds. The van der Waals surface area contributed by atoms with Gasteiger partial charge in [0.15, 0.2) is 0 Å². The van der Waals surface area contributed by atoms with E-state index in [9.17, 15) is 9.59 Å². The normalized spacial score (nSPS) is 19.9. The van der Waals surface area contributed by atoms with Gasteiger partial charge in [-0.15, -0.1) is 0 Å². The van der Waals surface area contributed by atoms with E-state index in [0.29, 0.717) is 19.4 Å². The highest BCUT2D eigenvalue weighted by molar-refractivity contribution is 5.77. The van der Waals surface area contributed by atoms with Crippen LogP contribution in [0.25, 0.3) is 0 Å². The Morgan fingerprint density at radius 1 is 1.28 bits per heavy atom. The summed E-state index contributed by atoms with van der Waals surface area (Å²) in [6.45, 7) is 2.80. The average Bonchev–Trinajstić information content (AvgIpc) is 2.77. The standard InChI is InChI=1S/C13H24N2O3/c1-2-3-4-5-6-9-12(16)14-15-10-7-8-11(15)13(17)18/h11H,2-10H2,1H3,(H,14,16)(H,17,18). The minimum Gasteiger partial charge on any atom is -0.480 e. The van der Waals surface area contributed by atoms with Crippen molar-refractivity contribution in [3.05, 3.63) is 0 Å². The lowest BCUT2D eigenvalue weighted by atomic mass is 10.1. The number of hydrazine groups is 1. The lowest BCUT2D eigenvalue weighted by Crippen LogP contribution is -2.48. The molecule has 0 saturated carbocycles. The smallest absolute Gasteiger partial charge is 0.322 e. The molecule has 0 aromatic rings. The number of amides is 1. The first-order valence-corrected chi connectivity index (χ1v) is 6.94. The van der Waals surface area contributed by atoms with E-state index < -0.39 is 12.0 Å². The van der Waals surface area contributed by atoms with Crippen LogP contribution in [0.3, 0.4) is 0 Å². The minimum absolute atomic E-state index is 0.0559. The van der Waals surface area contributed by atoms with Gasteiger partial charge in [-0.3, -0.25) is 15.0 Å². The fourth-order valence-electron chi connectivity index (χ4n) is 2.26. The van der Waals surface area contributed by atoms with E-state index >= 15 is 0 Å². The molecule has 1 aliphatic rings. The number of carboxylic acid groups (broad SMARTS) is 1. The van der Waals surface area contributed by atoms with Gasteiger partial charge >= 0.3 is 5.97 Å². The SMILES string of the molecule is CCCCCCCC(=O)NN1CCCC1C(=O)O. The van der Waals surface area contributed by atoms with Crippen LogP contribution in [0.15, 0.2) is 0 Å². The van der Waals surface area contributed by atoms with Crippen molar-refractivity contribution in [1.82, 2.24) is 10.4 Å². The zero-order valence-electron chi connectivity index (χ0n) is 11.2. The summed E-state index contributed by atoms with van der Waals surface area (Å²) in [5, 5.41) is 10.5. The van der Waals surface area contributed by atoms with Gasteiger partial charge in [-0.1, -0.05) is 32.6 Å². The number of carboxylic acids is 1. The maximum absolute atomic E-state index is 11.7. The molecule has 0 aromatic carbocycles. The van der Waals surface area contributed by atoms with Crippen LogP contribution in [0.5, 0.6) is 0 Å². The Balaban J connectivity index is 2.17. The van der Waals surface area contributed by atoms with E-state index in [-0.39, 0.29) is 5.91 Å². The molecule has 1 heterocycles. The zero-order chi connectivity index (χ0) is 13.4. The van der Waals surface area contributed by atoms with Gasteiger partial charge in [-0.25, -0.2) is 5.01 Å². The van der Waals surface area contributed by atoms with Crippen LogP contribution in [0.2, 0.25) is 0 Å². The number of unbranched alkanes of at least 4 members (excludes halogenated alkanes) is 4. The van der Waals surface area contributed by atoms with E-state index in [1.165, 1.54) is 19.3 Å². The number of nitrogens with zero attached hydrogens (tertiary/aromatic N) is 1. The Morgan fingerprint density at radius 3 is 2.67 bits per heavy atom. The number of carbonyl (C=O) groups excluding carboxylic acids is 1. The van der Waals surface area contributed by atoms with Gasteiger partial charge in [0.1, 0.15) is 6.04 Å². The molecule has 1 saturated heterocycles. The molecular formula is C13H24N2O3. The largest absolute Gasteiger partial charge is 0.480 e. The number of carbonyl (C=O) groups is 2. The van der Waals surface area contributed by atoms with Crippen molar-refractivity contribution in [3.8, 4) is 0 Å². The van der Waals surface area contributed by atoms with Crippen molar-refractivity contribution in [2.45, 2.75) is 64.3 Å². The second kappa shape index (κ2) is 8.08. The van der Waals surface area contributed by atoms with Gasteiger partial charge in [-0.05, 0) is 19.3 Å². The van der Waals surface area contributed by atoms with Gasteiger partial charge < -0.3 is 5.11 Å². The molecule has 0 bridgehead atoms. The monoisotopic (exact) mass is 256 g/mol. The maximum atomic E-state index is 11.7. The maximum Gasteiger partial charge on any atom is 0.322 e. The first-order chi connectivity index (χ1) is 8.65. The Labute approximate surface area is 109 Å². The highest BCUT2D eigenvalue weighted by Gasteiger charge is 2.31. The molecule has 18 heavy (non-hydrogen) atoms. The molecule has 1 unspecified atom stereocenters. The summed E-state index contributed by atoms with van der Waals surface area (Å²) in [7, 11) is 0. The van der Waals surface area contributed by atoms with Crippen LogP contribution in [0.4, 0.5) is 0 Å². The van der Waals surface area contributed by atoms with Crippen LogP contribution in [-0.2, 0) is 9.59 Å². The fourth-order valence-corrected chi connectivity index (χ4v) is 2.26. The molecule has 2 N–H and O–H groups in total. The molecule has 5 nitrogen and oxygen atoms in total. The molecule has 0 radical (unpaired) electrons. The van der Waals surface area contributed by atoms with Crippen LogP contribution in [0, 0.1) is 0 Å². The van der Waals surface area contributed by atoms with E-state index in [1.54, 1.807) is 5.01 Å². The van der Waals surface area contributed by atoms with E-state index in [2.05, 4.69) is 12.3 Å². The number of hydrogen-bond donors (Lipinski definition) is 2. The highest BCUT2D eigenvalue weighted by atomic mass is 16.4. The zero-order valence-corrected chi connectivity index (χ0v) is 11.2. The first kappa shape index (κ1) is 15.0. The van der Waals surface area contributed by atoms with Crippen LogP contribution >= 0.6 is 0 Å². The van der Waals surface area contributed by atoms with Gasteiger partial charge in [0.05, 0.1) is 0 Å². The number of aliphatic carboxylic acids is 1. The number of nitrogens with one attached hydrogen (secondary N) is 1. The summed E-state index contributed by atoms with van der Waals surface area (Å²) in [5.41, 5.74) is 2.71. The van der Waals surface area contributed by atoms with Crippen molar-refractivity contribution >= 4 is 11.9 Å². The lowest BCUT2D eigenvalue weighted by Gasteiger charge is -2.21. The molecule has 1 atom stereocenters. The predicted molar refractivity (Wildman–Crippen MR) is 68.9 cm³/mol. The van der Waals surface area contributed by atoms with Crippen molar-refractivity contribution in [1.29, 1.82) is 0 Å². The molecule has 0 aromatic heterocycles. The third-order valence-corrected chi connectivity index (χ3v) is 3.31. The summed E-state index contributed by atoms with van der Waals surface area (Å²) in [5.74, 6) is -0.907. The van der Waals surface area contributed by atoms with E-state index in [1.807, 2.05) is 0 Å². The van der Waals surface area contributed by atoms with Crippen LogP contribution < -0.4 is 5.43 Å². The first-order valence-electron chi connectivity index (χ1n) is 6.94. The molecule has 1 fully saturated rings. The Kier molecular flexibility index (Phi) is 6.72. The number of rotatable bonds is 8. The number of hydrogen-bond acceptors (Lipinski definition) is 3. The molecular weight excluding hydrogens is 232 g/mol. The van der Waals surface area contributed by atoms with E-state index in [0.717, 1.165) is 19.3 Å². The topological polar surface area (TPSA) is 69.6 Å². The van der Waals surface area contributed by atoms with Gasteiger partial charge in [-0.2, -0.15) is 0 Å². The molecule has 1 aliphatic heterocycles. The van der Waals surface area contributed by atoms with Crippen molar-refractivity contribution in [2.24, 2.45) is 0 Å². The molecule has 1 rings (SSSR count).